The first-order chi connectivity index (χ1) is 14.2. The third-order valence-corrected chi connectivity index (χ3v) is 4.95. The fourth-order valence-electron chi connectivity index (χ4n) is 3.31. The van der Waals surface area contributed by atoms with Crippen LogP contribution in [0, 0.1) is 6.92 Å². The zero-order valence-electron chi connectivity index (χ0n) is 17.1. The fraction of sp³-hybridized carbons (Fsp3) is 0.217. The zero-order valence-corrected chi connectivity index (χ0v) is 19.5. The van der Waals surface area contributed by atoms with E-state index in [0.29, 0.717) is 6.54 Å². The molecule has 4 rings (SSSR count). The quantitative estimate of drug-likeness (QED) is 0.226. The minimum Gasteiger partial charge on any atom is -0.459 e. The van der Waals surface area contributed by atoms with E-state index >= 15 is 0 Å². The largest absolute Gasteiger partial charge is 0.459 e. The molecule has 2 aromatic heterocycles. The van der Waals surface area contributed by atoms with Crippen LogP contribution in [0.15, 0.2) is 76.4 Å². The summed E-state index contributed by atoms with van der Waals surface area (Å²) in [7, 11) is 1.77. The Kier molecular flexibility index (Phi) is 7.51. The van der Waals surface area contributed by atoms with Gasteiger partial charge in [-0.1, -0.05) is 36.4 Å². The molecule has 0 fully saturated rings. The van der Waals surface area contributed by atoms with Crippen molar-refractivity contribution in [2.75, 3.05) is 13.6 Å². The molecule has 2 N–H and O–H groups in total. The van der Waals surface area contributed by atoms with Crippen molar-refractivity contribution in [1.29, 1.82) is 0 Å². The number of nitrogens with one attached hydrogen (secondary N) is 2. The maximum absolute atomic E-state index is 5.96. The second-order valence-electron chi connectivity index (χ2n) is 6.88. The first-order valence-corrected chi connectivity index (χ1v) is 9.75. The molecule has 0 amide bonds. The number of benzene rings is 2. The Morgan fingerprint density at radius 3 is 2.60 bits per heavy atom. The van der Waals surface area contributed by atoms with Crippen molar-refractivity contribution in [3.05, 3.63) is 83.9 Å². The van der Waals surface area contributed by atoms with E-state index in [1.807, 2.05) is 59.4 Å². The molecular weight excluding hydrogens is 489 g/mol. The molecule has 0 radical (unpaired) electrons. The molecule has 0 atom stereocenters. The van der Waals surface area contributed by atoms with Crippen LogP contribution in [0.25, 0.3) is 16.7 Å². The van der Waals surface area contributed by atoms with Crippen molar-refractivity contribution in [2.24, 2.45) is 4.99 Å². The Balaban J connectivity index is 0.00000256. The summed E-state index contributed by atoms with van der Waals surface area (Å²) in [6.07, 6.45) is 4.82. The Labute approximate surface area is 193 Å². The van der Waals surface area contributed by atoms with Gasteiger partial charge in [-0.2, -0.15) is 5.10 Å². The van der Waals surface area contributed by atoms with Gasteiger partial charge in [0.1, 0.15) is 11.3 Å². The minimum absolute atomic E-state index is 0. The molecular formula is C23H26IN5O. The van der Waals surface area contributed by atoms with Gasteiger partial charge in [-0.05, 0) is 37.1 Å². The predicted octanol–water partition coefficient (Wildman–Crippen LogP) is 4.45. The Hall–Kier alpha value is -2.81. The van der Waals surface area contributed by atoms with E-state index in [1.54, 1.807) is 7.05 Å². The molecule has 156 valence electrons. The Morgan fingerprint density at radius 2 is 1.83 bits per heavy atom. The maximum atomic E-state index is 5.96. The van der Waals surface area contributed by atoms with Crippen molar-refractivity contribution in [2.45, 2.75) is 19.9 Å². The summed E-state index contributed by atoms with van der Waals surface area (Å²) >= 11 is 0. The SMILES string of the molecule is CN=C(NCCc1cnn(-c2ccccc2)c1)NCc1oc2ccccc2c1C.I. The van der Waals surface area contributed by atoms with E-state index in [9.17, 15) is 0 Å². The molecule has 4 aromatic rings. The van der Waals surface area contributed by atoms with Gasteiger partial charge in [0, 0.05) is 30.7 Å². The molecule has 0 unspecified atom stereocenters. The summed E-state index contributed by atoms with van der Waals surface area (Å²) in [5.41, 5.74) is 4.31. The molecule has 0 aliphatic carbocycles. The Bertz CT molecular complexity index is 1120. The van der Waals surface area contributed by atoms with Gasteiger partial charge < -0.3 is 15.1 Å². The number of guanidine groups is 1. The molecule has 0 aliphatic rings. The lowest BCUT2D eigenvalue weighted by Gasteiger charge is -2.10. The summed E-state index contributed by atoms with van der Waals surface area (Å²) in [5, 5.41) is 12.3. The number of nitrogens with zero attached hydrogens (tertiary/aromatic N) is 3. The number of hydrogen-bond acceptors (Lipinski definition) is 3. The van der Waals surface area contributed by atoms with Gasteiger partial charge in [0.05, 0.1) is 18.4 Å². The lowest BCUT2D eigenvalue weighted by Crippen LogP contribution is -2.37. The summed E-state index contributed by atoms with van der Waals surface area (Å²) in [6.45, 7) is 3.44. The Morgan fingerprint density at radius 1 is 1.07 bits per heavy atom. The fourth-order valence-corrected chi connectivity index (χ4v) is 3.31. The van der Waals surface area contributed by atoms with Crippen molar-refractivity contribution in [3.8, 4) is 5.69 Å². The average molecular weight is 515 g/mol. The van der Waals surface area contributed by atoms with Crippen LogP contribution in [0.2, 0.25) is 0 Å². The highest BCUT2D eigenvalue weighted by Crippen LogP contribution is 2.24. The lowest BCUT2D eigenvalue weighted by atomic mass is 10.1. The van der Waals surface area contributed by atoms with E-state index in [1.165, 1.54) is 5.56 Å². The molecule has 30 heavy (non-hydrogen) atoms. The van der Waals surface area contributed by atoms with Crippen molar-refractivity contribution >= 4 is 40.9 Å². The van der Waals surface area contributed by atoms with Crippen molar-refractivity contribution < 1.29 is 4.42 Å². The van der Waals surface area contributed by atoms with Gasteiger partial charge in [0.2, 0.25) is 0 Å². The van der Waals surface area contributed by atoms with E-state index in [-0.39, 0.29) is 24.0 Å². The number of aliphatic imine (C=N–C) groups is 1. The van der Waals surface area contributed by atoms with Gasteiger partial charge in [0.25, 0.3) is 0 Å². The number of furan rings is 1. The number of aryl methyl sites for hydroxylation is 1. The van der Waals surface area contributed by atoms with Gasteiger partial charge in [-0.3, -0.25) is 4.99 Å². The van der Waals surface area contributed by atoms with Crippen LogP contribution < -0.4 is 10.6 Å². The summed E-state index contributed by atoms with van der Waals surface area (Å²) in [4.78, 5) is 4.30. The van der Waals surface area contributed by atoms with E-state index in [4.69, 9.17) is 4.42 Å². The predicted molar refractivity (Wildman–Crippen MR) is 132 cm³/mol. The molecule has 0 bridgehead atoms. The van der Waals surface area contributed by atoms with E-state index in [2.05, 4.69) is 39.9 Å². The van der Waals surface area contributed by atoms with Gasteiger partial charge >= 0.3 is 0 Å². The number of fused-ring (bicyclic) bond motifs is 1. The second-order valence-corrected chi connectivity index (χ2v) is 6.88. The second kappa shape index (κ2) is 10.3. The van der Waals surface area contributed by atoms with Gasteiger partial charge in [-0.25, -0.2) is 4.68 Å². The van der Waals surface area contributed by atoms with Crippen molar-refractivity contribution in [3.63, 3.8) is 0 Å². The van der Waals surface area contributed by atoms with Crippen LogP contribution in [0.1, 0.15) is 16.9 Å². The van der Waals surface area contributed by atoms with Crippen LogP contribution in [0.3, 0.4) is 0 Å². The van der Waals surface area contributed by atoms with E-state index in [0.717, 1.165) is 46.9 Å². The average Bonchev–Trinajstić information content (AvgIpc) is 3.36. The number of hydrogen-bond donors (Lipinski definition) is 2. The monoisotopic (exact) mass is 515 g/mol. The first-order valence-electron chi connectivity index (χ1n) is 9.75. The molecule has 0 aliphatic heterocycles. The summed E-state index contributed by atoms with van der Waals surface area (Å²) < 4.78 is 7.85. The number of halogens is 1. The molecule has 0 saturated carbocycles. The van der Waals surface area contributed by atoms with Crippen LogP contribution in [-0.4, -0.2) is 29.3 Å². The molecule has 7 heteroatoms. The lowest BCUT2D eigenvalue weighted by molar-refractivity contribution is 0.534. The van der Waals surface area contributed by atoms with E-state index < -0.39 is 0 Å². The summed E-state index contributed by atoms with van der Waals surface area (Å²) in [6, 6.07) is 18.2. The molecule has 0 spiro atoms. The molecule has 2 aromatic carbocycles. The van der Waals surface area contributed by atoms with Crippen LogP contribution in [0.4, 0.5) is 0 Å². The van der Waals surface area contributed by atoms with Crippen LogP contribution in [0.5, 0.6) is 0 Å². The normalized spacial score (nSPS) is 11.3. The molecule has 6 nitrogen and oxygen atoms in total. The number of aromatic nitrogens is 2. The molecule has 2 heterocycles. The number of para-hydroxylation sites is 2. The highest BCUT2D eigenvalue weighted by molar-refractivity contribution is 14.0. The summed E-state index contributed by atoms with van der Waals surface area (Å²) in [5.74, 6) is 1.68. The topological polar surface area (TPSA) is 67.4 Å². The third-order valence-electron chi connectivity index (χ3n) is 4.95. The van der Waals surface area contributed by atoms with Crippen molar-refractivity contribution in [1.82, 2.24) is 20.4 Å². The maximum Gasteiger partial charge on any atom is 0.191 e. The molecule has 0 saturated heterocycles. The minimum atomic E-state index is 0. The standard InChI is InChI=1S/C23H25N5O.HI/c1-17-20-10-6-7-11-21(20)29-22(17)15-26-23(24-2)25-13-12-18-14-27-28(16-18)19-8-4-3-5-9-19;/h3-11,14,16H,12-13,15H2,1-2H3,(H2,24,25,26);1H. The van der Waals surface area contributed by atoms with Crippen LogP contribution in [-0.2, 0) is 13.0 Å². The van der Waals surface area contributed by atoms with Crippen LogP contribution >= 0.6 is 24.0 Å². The van der Waals surface area contributed by atoms with Gasteiger partial charge in [-0.15, -0.1) is 24.0 Å². The third kappa shape index (κ3) is 5.02. The van der Waals surface area contributed by atoms with Gasteiger partial charge in [0.15, 0.2) is 5.96 Å². The highest BCUT2D eigenvalue weighted by Gasteiger charge is 2.10. The highest BCUT2D eigenvalue weighted by atomic mass is 127. The zero-order chi connectivity index (χ0) is 20.1. The number of rotatable bonds is 6. The smallest absolute Gasteiger partial charge is 0.191 e. The first kappa shape index (κ1) is 21.9.